The molecule has 2 aromatic carbocycles. The van der Waals surface area contributed by atoms with Crippen LogP contribution in [0.2, 0.25) is 0 Å². The average Bonchev–Trinajstić information content (AvgIpc) is 2.84. The lowest BCUT2D eigenvalue weighted by Gasteiger charge is -2.34. The van der Waals surface area contributed by atoms with Crippen LogP contribution in [0.3, 0.4) is 0 Å². The van der Waals surface area contributed by atoms with Gasteiger partial charge in [0.1, 0.15) is 5.75 Å². The van der Waals surface area contributed by atoms with Crippen LogP contribution in [0.15, 0.2) is 36.4 Å². The Morgan fingerprint density at radius 2 is 1.78 bits per heavy atom. The van der Waals surface area contributed by atoms with Gasteiger partial charge in [-0.2, -0.15) is 0 Å². The molecule has 2 aromatic rings. The van der Waals surface area contributed by atoms with Crippen molar-refractivity contribution >= 4 is 5.97 Å². The highest BCUT2D eigenvalue weighted by Gasteiger charge is 2.23. The Morgan fingerprint density at radius 1 is 0.969 bits per heavy atom. The zero-order valence-electron chi connectivity index (χ0n) is 19.7. The van der Waals surface area contributed by atoms with E-state index in [1.54, 1.807) is 39.5 Å². The molecule has 0 aliphatic heterocycles. The second-order valence-corrected chi connectivity index (χ2v) is 8.07. The Labute approximate surface area is 191 Å². The van der Waals surface area contributed by atoms with Crippen LogP contribution >= 0.6 is 0 Å². The molecule has 6 nitrogen and oxygen atoms in total. The highest BCUT2D eigenvalue weighted by atomic mass is 16.5. The zero-order valence-corrected chi connectivity index (χ0v) is 19.7. The highest BCUT2D eigenvalue weighted by molar-refractivity contribution is 5.90. The van der Waals surface area contributed by atoms with E-state index in [0.29, 0.717) is 29.7 Å². The fraction of sp³-hybridized carbons (Fsp3) is 0.500. The summed E-state index contributed by atoms with van der Waals surface area (Å²) in [5.74, 6) is 1.72. The van der Waals surface area contributed by atoms with E-state index in [4.69, 9.17) is 18.9 Å². The van der Waals surface area contributed by atoms with Crippen molar-refractivity contribution in [2.45, 2.75) is 45.1 Å². The summed E-state index contributed by atoms with van der Waals surface area (Å²) in [6.07, 6.45) is 5.19. The Balaban J connectivity index is 1.43. The Hall–Kier alpha value is -2.73. The van der Waals surface area contributed by atoms with Gasteiger partial charge in [0.15, 0.2) is 11.5 Å². The van der Waals surface area contributed by atoms with Crippen molar-refractivity contribution in [3.63, 3.8) is 0 Å². The van der Waals surface area contributed by atoms with Crippen molar-refractivity contribution in [3.8, 4) is 17.2 Å². The van der Waals surface area contributed by atoms with Gasteiger partial charge in [0.2, 0.25) is 0 Å². The van der Waals surface area contributed by atoms with Crippen LogP contribution in [0.4, 0.5) is 0 Å². The van der Waals surface area contributed by atoms with Gasteiger partial charge in [-0.25, -0.2) is 4.79 Å². The maximum absolute atomic E-state index is 12.3. The van der Waals surface area contributed by atoms with Gasteiger partial charge in [0, 0.05) is 6.04 Å². The molecule has 0 bridgehead atoms. The number of esters is 1. The first kappa shape index (κ1) is 23.9. The fourth-order valence-electron chi connectivity index (χ4n) is 4.38. The van der Waals surface area contributed by atoms with E-state index < -0.39 is 0 Å². The first-order chi connectivity index (χ1) is 15.6. The number of likely N-dealkylation sites (N-methyl/N-ethyl adjacent to an activating group) is 1. The molecule has 1 aliphatic rings. The van der Waals surface area contributed by atoms with Gasteiger partial charge >= 0.3 is 5.97 Å². The van der Waals surface area contributed by atoms with Crippen LogP contribution in [0.25, 0.3) is 0 Å². The van der Waals surface area contributed by atoms with Crippen LogP contribution in [0.1, 0.15) is 47.7 Å². The van der Waals surface area contributed by atoms with Crippen molar-refractivity contribution in [1.29, 1.82) is 0 Å². The minimum Gasteiger partial charge on any atom is -0.497 e. The van der Waals surface area contributed by atoms with Crippen molar-refractivity contribution in [3.05, 3.63) is 53.1 Å². The molecule has 3 rings (SSSR count). The monoisotopic (exact) mass is 441 g/mol. The third kappa shape index (κ3) is 5.94. The molecule has 0 heterocycles. The molecule has 0 aromatic heterocycles. The van der Waals surface area contributed by atoms with Crippen molar-refractivity contribution in [1.82, 2.24) is 4.90 Å². The molecule has 0 N–H and O–H groups in total. The number of nitrogens with zero attached hydrogens (tertiary/aromatic N) is 1. The van der Waals surface area contributed by atoms with Gasteiger partial charge in [-0.05, 0) is 86.7 Å². The number of aryl methyl sites for hydroxylation is 1. The quantitative estimate of drug-likeness (QED) is 0.377. The van der Waals surface area contributed by atoms with E-state index in [1.165, 1.54) is 17.5 Å². The molecule has 1 unspecified atom stereocenters. The standard InChI is InChI=1S/C26H35NO5/c1-5-27(22-11-8-20-17-23(29-2)12-9-19(20)16-22)14-6-7-15-32-26(28)21-10-13-24(30-3)25(18-21)31-4/h9-10,12-13,17-18,22H,5-8,11,14-16H2,1-4H3. The zero-order chi connectivity index (χ0) is 22.9. The number of unbranched alkanes of at least 4 members (excludes halogenated alkanes) is 1. The molecule has 0 spiro atoms. The number of carbonyl (C=O) groups is 1. The van der Waals surface area contributed by atoms with Crippen LogP contribution in [-0.2, 0) is 17.6 Å². The fourth-order valence-corrected chi connectivity index (χ4v) is 4.38. The number of rotatable bonds is 11. The lowest BCUT2D eigenvalue weighted by atomic mass is 9.87. The second-order valence-electron chi connectivity index (χ2n) is 8.07. The number of carbonyl (C=O) groups excluding carboxylic acids is 1. The van der Waals surface area contributed by atoms with Gasteiger partial charge in [-0.15, -0.1) is 0 Å². The van der Waals surface area contributed by atoms with Crippen LogP contribution in [-0.4, -0.2) is 57.9 Å². The van der Waals surface area contributed by atoms with E-state index in [-0.39, 0.29) is 5.97 Å². The molecule has 32 heavy (non-hydrogen) atoms. The molecule has 0 saturated carbocycles. The summed E-state index contributed by atoms with van der Waals surface area (Å²) in [6, 6.07) is 12.1. The number of ether oxygens (including phenoxy) is 4. The maximum atomic E-state index is 12.3. The molecule has 0 fully saturated rings. The minimum absolute atomic E-state index is 0.336. The van der Waals surface area contributed by atoms with E-state index in [2.05, 4.69) is 30.0 Å². The minimum atomic E-state index is -0.336. The molecule has 0 amide bonds. The molecular formula is C26H35NO5. The molecule has 0 radical (unpaired) electrons. The van der Waals surface area contributed by atoms with Gasteiger partial charge in [0.25, 0.3) is 0 Å². The van der Waals surface area contributed by atoms with Crippen molar-refractivity contribution in [2.75, 3.05) is 41.0 Å². The largest absolute Gasteiger partial charge is 0.497 e. The second kappa shape index (κ2) is 11.8. The van der Waals surface area contributed by atoms with Gasteiger partial charge in [-0.3, -0.25) is 0 Å². The topological polar surface area (TPSA) is 57.2 Å². The Bertz CT molecular complexity index is 898. The summed E-state index contributed by atoms with van der Waals surface area (Å²) in [4.78, 5) is 14.9. The number of hydrogen-bond acceptors (Lipinski definition) is 6. The summed E-state index contributed by atoms with van der Waals surface area (Å²) in [5.41, 5.74) is 3.32. The molecule has 1 aliphatic carbocycles. The molecule has 6 heteroatoms. The van der Waals surface area contributed by atoms with E-state index in [9.17, 15) is 4.79 Å². The molecule has 174 valence electrons. The summed E-state index contributed by atoms with van der Waals surface area (Å²) in [7, 11) is 4.84. The van der Waals surface area contributed by atoms with Gasteiger partial charge in [-0.1, -0.05) is 13.0 Å². The third-order valence-corrected chi connectivity index (χ3v) is 6.23. The van der Waals surface area contributed by atoms with Crippen molar-refractivity contribution in [2.24, 2.45) is 0 Å². The summed E-state index contributed by atoms with van der Waals surface area (Å²) < 4.78 is 21.3. The number of hydrogen-bond donors (Lipinski definition) is 0. The lowest BCUT2D eigenvalue weighted by molar-refractivity contribution is 0.0492. The van der Waals surface area contributed by atoms with Crippen LogP contribution < -0.4 is 14.2 Å². The average molecular weight is 442 g/mol. The highest BCUT2D eigenvalue weighted by Crippen LogP contribution is 2.29. The van der Waals surface area contributed by atoms with Crippen LogP contribution in [0.5, 0.6) is 17.2 Å². The number of fused-ring (bicyclic) bond motifs is 1. The summed E-state index contributed by atoms with van der Waals surface area (Å²) in [5, 5.41) is 0. The van der Waals surface area contributed by atoms with Crippen LogP contribution in [0, 0.1) is 0 Å². The SMILES string of the molecule is CCN(CCCCOC(=O)c1ccc(OC)c(OC)c1)C1CCc2cc(OC)ccc2C1. The predicted molar refractivity (Wildman–Crippen MR) is 125 cm³/mol. The Morgan fingerprint density at radius 3 is 2.50 bits per heavy atom. The lowest BCUT2D eigenvalue weighted by Crippen LogP contribution is -2.39. The molecule has 0 saturated heterocycles. The van der Waals surface area contributed by atoms with Gasteiger partial charge in [0.05, 0.1) is 33.5 Å². The normalized spacial score (nSPS) is 15.2. The first-order valence-electron chi connectivity index (χ1n) is 11.4. The molecular weight excluding hydrogens is 406 g/mol. The summed E-state index contributed by atoms with van der Waals surface area (Å²) >= 11 is 0. The number of methoxy groups -OCH3 is 3. The third-order valence-electron chi connectivity index (χ3n) is 6.23. The first-order valence-corrected chi connectivity index (χ1v) is 11.4. The van der Waals surface area contributed by atoms with E-state index in [1.807, 2.05) is 0 Å². The maximum Gasteiger partial charge on any atom is 0.338 e. The predicted octanol–water partition coefficient (Wildman–Crippen LogP) is 4.53. The smallest absolute Gasteiger partial charge is 0.338 e. The van der Waals surface area contributed by atoms with E-state index in [0.717, 1.165) is 44.5 Å². The van der Waals surface area contributed by atoms with Crippen molar-refractivity contribution < 1.29 is 23.7 Å². The van der Waals surface area contributed by atoms with Gasteiger partial charge < -0.3 is 23.8 Å². The molecule has 1 atom stereocenters. The summed E-state index contributed by atoms with van der Waals surface area (Å²) in [6.45, 7) is 4.68. The Kier molecular flexibility index (Phi) is 8.80. The van der Waals surface area contributed by atoms with E-state index >= 15 is 0 Å². The number of benzene rings is 2.